The molecule has 3 aromatic rings. The second-order valence-corrected chi connectivity index (χ2v) is 7.82. The summed E-state index contributed by atoms with van der Waals surface area (Å²) < 4.78 is 7.04. The van der Waals surface area contributed by atoms with Crippen molar-refractivity contribution in [3.8, 4) is 5.75 Å². The van der Waals surface area contributed by atoms with Crippen LogP contribution in [0.3, 0.4) is 0 Å². The van der Waals surface area contributed by atoms with Crippen molar-refractivity contribution in [1.82, 2.24) is 14.8 Å². The molecule has 0 bridgehead atoms. The summed E-state index contributed by atoms with van der Waals surface area (Å²) in [6, 6.07) is 14.8. The third-order valence-electron chi connectivity index (χ3n) is 4.56. The van der Waals surface area contributed by atoms with Gasteiger partial charge in [-0.25, -0.2) is 0 Å². The van der Waals surface area contributed by atoms with Crippen LogP contribution in [0.2, 0.25) is 0 Å². The summed E-state index contributed by atoms with van der Waals surface area (Å²) in [4.78, 5) is 24.9. The fourth-order valence-corrected chi connectivity index (χ4v) is 3.75. The first-order valence-electron chi connectivity index (χ1n) is 9.96. The van der Waals surface area contributed by atoms with Crippen molar-refractivity contribution in [2.24, 2.45) is 0 Å². The first-order valence-corrected chi connectivity index (χ1v) is 10.9. The molecule has 3 rings (SSSR count). The predicted molar refractivity (Wildman–Crippen MR) is 126 cm³/mol. The van der Waals surface area contributed by atoms with Crippen molar-refractivity contribution in [1.29, 1.82) is 0 Å². The molecule has 166 valence electrons. The highest BCUT2D eigenvalue weighted by Crippen LogP contribution is 2.24. The minimum absolute atomic E-state index is 0.0227. The van der Waals surface area contributed by atoms with Gasteiger partial charge in [-0.3, -0.25) is 9.59 Å². The van der Waals surface area contributed by atoms with Crippen LogP contribution in [-0.4, -0.2) is 39.4 Å². The van der Waals surface area contributed by atoms with E-state index in [0.717, 1.165) is 11.3 Å². The third kappa shape index (κ3) is 5.98. The van der Waals surface area contributed by atoms with E-state index in [4.69, 9.17) is 4.74 Å². The molecule has 2 N–H and O–H groups in total. The van der Waals surface area contributed by atoms with Gasteiger partial charge in [0.2, 0.25) is 11.8 Å². The Bertz CT molecular complexity index is 1110. The van der Waals surface area contributed by atoms with E-state index in [1.165, 1.54) is 11.8 Å². The summed E-state index contributed by atoms with van der Waals surface area (Å²) in [6.45, 7) is 6.13. The van der Waals surface area contributed by atoms with Gasteiger partial charge in [0.05, 0.1) is 25.0 Å². The first-order chi connectivity index (χ1) is 15.5. The van der Waals surface area contributed by atoms with Crippen molar-refractivity contribution in [2.75, 3.05) is 23.5 Å². The topological polar surface area (TPSA) is 98.1 Å². The number of hydrogen-bond donors (Lipinski definition) is 2. The van der Waals surface area contributed by atoms with E-state index >= 15 is 0 Å². The SMILES string of the molecule is C=CCn1c(CC(=O)Nc2ccccc2OC)nnc1SCC(=O)Nc1ccccc1C. The Morgan fingerprint density at radius 2 is 1.75 bits per heavy atom. The maximum absolute atomic E-state index is 12.6. The van der Waals surface area contributed by atoms with Crippen LogP contribution in [0.15, 0.2) is 66.3 Å². The molecule has 1 aromatic heterocycles. The molecule has 2 amide bonds. The maximum Gasteiger partial charge on any atom is 0.234 e. The fourth-order valence-electron chi connectivity index (χ4n) is 2.98. The first kappa shape index (κ1) is 23.1. The molecule has 1 heterocycles. The monoisotopic (exact) mass is 451 g/mol. The Kier molecular flexibility index (Phi) is 8.04. The van der Waals surface area contributed by atoms with Crippen LogP contribution in [0.25, 0.3) is 0 Å². The molecular formula is C23H25N5O3S. The summed E-state index contributed by atoms with van der Waals surface area (Å²) in [5.41, 5.74) is 2.35. The predicted octanol–water partition coefficient (Wildman–Crippen LogP) is 3.69. The number of thioether (sulfide) groups is 1. The van der Waals surface area contributed by atoms with Crippen LogP contribution in [0.5, 0.6) is 5.75 Å². The highest BCUT2D eigenvalue weighted by Gasteiger charge is 2.17. The van der Waals surface area contributed by atoms with E-state index in [-0.39, 0.29) is 24.0 Å². The number of hydrogen-bond acceptors (Lipinski definition) is 6. The van der Waals surface area contributed by atoms with Crippen LogP contribution < -0.4 is 15.4 Å². The minimum atomic E-state index is -0.249. The van der Waals surface area contributed by atoms with E-state index < -0.39 is 0 Å². The lowest BCUT2D eigenvalue weighted by molar-refractivity contribution is -0.116. The van der Waals surface area contributed by atoms with Crippen molar-refractivity contribution in [2.45, 2.75) is 25.0 Å². The van der Waals surface area contributed by atoms with E-state index in [2.05, 4.69) is 27.4 Å². The Labute approximate surface area is 191 Å². The molecule has 0 fully saturated rings. The number of carbonyl (C=O) groups excluding carboxylic acids is 2. The molecule has 0 aliphatic rings. The molecule has 8 nitrogen and oxygen atoms in total. The minimum Gasteiger partial charge on any atom is -0.495 e. The Morgan fingerprint density at radius 1 is 1.06 bits per heavy atom. The van der Waals surface area contributed by atoms with Crippen molar-refractivity contribution >= 4 is 35.0 Å². The average Bonchev–Trinajstić information content (AvgIpc) is 3.15. The van der Waals surface area contributed by atoms with Gasteiger partial charge in [0, 0.05) is 12.2 Å². The van der Waals surface area contributed by atoms with E-state index in [1.807, 2.05) is 43.3 Å². The van der Waals surface area contributed by atoms with E-state index in [1.54, 1.807) is 29.9 Å². The zero-order valence-corrected chi connectivity index (χ0v) is 18.8. The second kappa shape index (κ2) is 11.1. The van der Waals surface area contributed by atoms with Gasteiger partial charge in [-0.1, -0.05) is 48.2 Å². The summed E-state index contributed by atoms with van der Waals surface area (Å²) in [5.74, 6) is 0.828. The number of methoxy groups -OCH3 is 1. The lowest BCUT2D eigenvalue weighted by Gasteiger charge is -2.11. The normalized spacial score (nSPS) is 10.4. The Morgan fingerprint density at radius 3 is 2.47 bits per heavy atom. The van der Waals surface area contributed by atoms with Gasteiger partial charge in [-0.05, 0) is 30.7 Å². The molecule has 0 radical (unpaired) electrons. The van der Waals surface area contributed by atoms with Crippen LogP contribution in [-0.2, 0) is 22.6 Å². The number of ether oxygens (including phenoxy) is 1. The lowest BCUT2D eigenvalue weighted by Crippen LogP contribution is -2.18. The number of para-hydroxylation sites is 3. The van der Waals surface area contributed by atoms with Gasteiger partial charge in [-0.2, -0.15) is 0 Å². The van der Waals surface area contributed by atoms with Crippen molar-refractivity contribution in [3.63, 3.8) is 0 Å². The van der Waals surface area contributed by atoms with Gasteiger partial charge >= 0.3 is 0 Å². The molecule has 9 heteroatoms. The molecule has 2 aromatic carbocycles. The maximum atomic E-state index is 12.6. The van der Waals surface area contributed by atoms with Crippen LogP contribution in [0, 0.1) is 6.92 Å². The number of amides is 2. The molecule has 0 aliphatic heterocycles. The fraction of sp³-hybridized carbons (Fsp3) is 0.217. The van der Waals surface area contributed by atoms with Gasteiger partial charge in [-0.15, -0.1) is 16.8 Å². The highest BCUT2D eigenvalue weighted by molar-refractivity contribution is 7.99. The number of rotatable bonds is 10. The molecule has 0 spiro atoms. The molecule has 0 unspecified atom stereocenters. The molecule has 0 aliphatic carbocycles. The van der Waals surface area contributed by atoms with Gasteiger partial charge < -0.3 is 19.9 Å². The Hall–Kier alpha value is -3.59. The number of anilines is 2. The largest absolute Gasteiger partial charge is 0.495 e. The van der Waals surface area contributed by atoms with E-state index in [9.17, 15) is 9.59 Å². The summed E-state index contributed by atoms with van der Waals surface area (Å²) in [7, 11) is 1.55. The quantitative estimate of drug-likeness (QED) is 0.360. The van der Waals surface area contributed by atoms with E-state index in [0.29, 0.717) is 29.0 Å². The van der Waals surface area contributed by atoms with Crippen LogP contribution >= 0.6 is 11.8 Å². The van der Waals surface area contributed by atoms with Crippen LogP contribution in [0.1, 0.15) is 11.4 Å². The number of nitrogens with one attached hydrogen (secondary N) is 2. The van der Waals surface area contributed by atoms with Crippen LogP contribution in [0.4, 0.5) is 11.4 Å². The number of nitrogens with zero attached hydrogens (tertiary/aromatic N) is 3. The summed E-state index contributed by atoms with van der Waals surface area (Å²) in [6.07, 6.45) is 1.72. The molecule has 32 heavy (non-hydrogen) atoms. The van der Waals surface area contributed by atoms with Crippen molar-refractivity contribution < 1.29 is 14.3 Å². The van der Waals surface area contributed by atoms with Gasteiger partial charge in [0.15, 0.2) is 5.16 Å². The number of benzene rings is 2. The summed E-state index contributed by atoms with van der Waals surface area (Å²) in [5, 5.41) is 14.6. The number of aryl methyl sites for hydroxylation is 1. The average molecular weight is 452 g/mol. The smallest absolute Gasteiger partial charge is 0.234 e. The standard InChI is InChI=1S/C23H25N5O3S/c1-4-13-28-20(14-21(29)25-18-11-7-8-12-19(18)31-3)26-27-23(28)32-15-22(30)24-17-10-6-5-9-16(17)2/h4-12H,1,13-15H2,2-3H3,(H,24,30)(H,25,29). The highest BCUT2D eigenvalue weighted by atomic mass is 32.2. The van der Waals surface area contributed by atoms with Gasteiger partial charge in [0.25, 0.3) is 0 Å². The third-order valence-corrected chi connectivity index (χ3v) is 5.52. The summed E-state index contributed by atoms with van der Waals surface area (Å²) >= 11 is 1.26. The number of carbonyl (C=O) groups is 2. The molecule has 0 saturated heterocycles. The number of allylic oxidation sites excluding steroid dienone is 1. The van der Waals surface area contributed by atoms with Gasteiger partial charge in [0.1, 0.15) is 11.6 Å². The van der Waals surface area contributed by atoms with Crippen molar-refractivity contribution in [3.05, 3.63) is 72.6 Å². The second-order valence-electron chi connectivity index (χ2n) is 6.88. The molecule has 0 atom stereocenters. The Balaban J connectivity index is 1.64. The number of aromatic nitrogens is 3. The molecule has 0 saturated carbocycles. The molecular weight excluding hydrogens is 426 g/mol. The zero-order chi connectivity index (χ0) is 22.9. The lowest BCUT2D eigenvalue weighted by atomic mass is 10.2. The zero-order valence-electron chi connectivity index (χ0n) is 18.0.